The second-order valence-electron chi connectivity index (χ2n) is 6.69. The van der Waals surface area contributed by atoms with Crippen molar-refractivity contribution in [2.75, 3.05) is 5.32 Å². The maximum atomic E-state index is 13.6. The molecular formula is C21H19FIN3S. The molecule has 0 spiro atoms. The summed E-state index contributed by atoms with van der Waals surface area (Å²) >= 11 is 3.85. The molecule has 3 nitrogen and oxygen atoms in total. The van der Waals surface area contributed by atoms with E-state index in [1.165, 1.54) is 27.8 Å². The minimum atomic E-state index is -0.236. The predicted molar refractivity (Wildman–Crippen MR) is 120 cm³/mol. The van der Waals surface area contributed by atoms with Crippen molar-refractivity contribution in [2.24, 2.45) is 0 Å². The normalized spacial score (nSPS) is 11.3. The zero-order valence-electron chi connectivity index (χ0n) is 15.5. The highest BCUT2D eigenvalue weighted by Gasteiger charge is 2.21. The van der Waals surface area contributed by atoms with E-state index < -0.39 is 0 Å². The Labute approximate surface area is 175 Å². The molecule has 2 aromatic carbocycles. The molecule has 0 atom stereocenters. The van der Waals surface area contributed by atoms with Crippen molar-refractivity contribution in [1.29, 1.82) is 0 Å². The third-order valence-electron chi connectivity index (χ3n) is 4.85. The minimum Gasteiger partial charge on any atom is -0.339 e. The number of aryl methyl sites for hydroxylation is 4. The number of nitrogens with one attached hydrogen (secondary N) is 1. The number of thiazole rings is 1. The lowest BCUT2D eigenvalue weighted by molar-refractivity contribution is 0.627. The Balaban J connectivity index is 1.99. The first-order valence-electron chi connectivity index (χ1n) is 8.64. The molecule has 0 amide bonds. The van der Waals surface area contributed by atoms with E-state index in [9.17, 15) is 4.39 Å². The first-order valence-corrected chi connectivity index (χ1v) is 10.5. The Morgan fingerprint density at radius 3 is 2.44 bits per heavy atom. The lowest BCUT2D eigenvalue weighted by atomic mass is 10.1. The first kappa shape index (κ1) is 18.4. The van der Waals surface area contributed by atoms with Gasteiger partial charge in [-0.05, 0) is 79.6 Å². The summed E-state index contributed by atoms with van der Waals surface area (Å²) in [5, 5.41) is 3.64. The molecule has 0 saturated carbocycles. The highest BCUT2D eigenvalue weighted by Crippen LogP contribution is 2.38. The molecule has 6 heteroatoms. The molecule has 4 rings (SSSR count). The summed E-state index contributed by atoms with van der Waals surface area (Å²) < 4.78 is 16.6. The van der Waals surface area contributed by atoms with Crippen LogP contribution in [0.5, 0.6) is 0 Å². The smallest absolute Gasteiger partial charge is 0.196 e. The first-order chi connectivity index (χ1) is 12.9. The third kappa shape index (κ3) is 3.14. The molecule has 0 aliphatic carbocycles. The second-order valence-corrected chi connectivity index (χ2v) is 9.03. The van der Waals surface area contributed by atoms with Crippen LogP contribution in [0, 0.1) is 37.1 Å². The van der Waals surface area contributed by atoms with Gasteiger partial charge >= 0.3 is 0 Å². The number of benzene rings is 2. The predicted octanol–water partition coefficient (Wildman–Crippen LogP) is 6.78. The van der Waals surface area contributed by atoms with Gasteiger partial charge in [-0.3, -0.25) is 4.40 Å². The van der Waals surface area contributed by atoms with Gasteiger partial charge in [0.25, 0.3) is 0 Å². The van der Waals surface area contributed by atoms with Crippen molar-refractivity contribution in [1.82, 2.24) is 9.38 Å². The Morgan fingerprint density at radius 2 is 1.78 bits per heavy atom. The number of rotatable bonds is 3. The Kier molecular flexibility index (Phi) is 4.71. The molecule has 1 N–H and O–H groups in total. The van der Waals surface area contributed by atoms with Gasteiger partial charge in [-0.15, -0.1) is 11.3 Å². The number of aromatic nitrogens is 2. The second kappa shape index (κ2) is 6.91. The summed E-state index contributed by atoms with van der Waals surface area (Å²) in [6, 6.07) is 11.1. The maximum Gasteiger partial charge on any atom is 0.196 e. The van der Waals surface area contributed by atoms with Crippen LogP contribution < -0.4 is 5.32 Å². The Bertz CT molecular complexity index is 1160. The van der Waals surface area contributed by atoms with Crippen LogP contribution in [0.2, 0.25) is 0 Å². The molecule has 0 aliphatic rings. The van der Waals surface area contributed by atoms with Crippen LogP contribution in [-0.4, -0.2) is 9.38 Å². The third-order valence-corrected chi connectivity index (χ3v) is 6.80. The molecular weight excluding hydrogens is 472 g/mol. The van der Waals surface area contributed by atoms with E-state index in [1.807, 2.05) is 6.07 Å². The van der Waals surface area contributed by atoms with Gasteiger partial charge in [-0.25, -0.2) is 9.37 Å². The van der Waals surface area contributed by atoms with Crippen molar-refractivity contribution in [3.8, 4) is 11.3 Å². The summed E-state index contributed by atoms with van der Waals surface area (Å²) in [6.07, 6.45) is 0. The number of hydrogen-bond donors (Lipinski definition) is 1. The van der Waals surface area contributed by atoms with Crippen molar-refractivity contribution < 1.29 is 4.39 Å². The summed E-state index contributed by atoms with van der Waals surface area (Å²) in [4.78, 5) is 7.08. The number of imidazole rings is 1. The topological polar surface area (TPSA) is 29.3 Å². The van der Waals surface area contributed by atoms with E-state index in [-0.39, 0.29) is 5.82 Å². The van der Waals surface area contributed by atoms with Gasteiger partial charge in [0.1, 0.15) is 17.3 Å². The molecule has 138 valence electrons. The van der Waals surface area contributed by atoms with Crippen molar-refractivity contribution in [3.63, 3.8) is 0 Å². The van der Waals surface area contributed by atoms with E-state index in [0.717, 1.165) is 31.3 Å². The van der Waals surface area contributed by atoms with E-state index >= 15 is 0 Å². The van der Waals surface area contributed by atoms with Gasteiger partial charge in [0.05, 0.1) is 0 Å². The SMILES string of the molecule is Cc1cccc(C)c1Nc1c(-c2ccc(F)cc2I)nc2sc(C)c(C)n12. The Hall–Kier alpha value is -1.93. The quantitative estimate of drug-likeness (QED) is 0.320. The summed E-state index contributed by atoms with van der Waals surface area (Å²) in [5.41, 5.74) is 6.37. The lowest BCUT2D eigenvalue weighted by Gasteiger charge is -2.14. The number of fused-ring (bicyclic) bond motifs is 1. The molecule has 0 aliphatic heterocycles. The van der Waals surface area contributed by atoms with Crippen LogP contribution in [0.25, 0.3) is 16.2 Å². The number of para-hydroxylation sites is 1. The molecule has 4 aromatic rings. The van der Waals surface area contributed by atoms with Crippen molar-refractivity contribution in [2.45, 2.75) is 27.7 Å². The Morgan fingerprint density at radius 1 is 1.07 bits per heavy atom. The van der Waals surface area contributed by atoms with E-state index in [1.54, 1.807) is 17.4 Å². The van der Waals surface area contributed by atoms with Gasteiger partial charge in [0.2, 0.25) is 0 Å². The van der Waals surface area contributed by atoms with Crippen LogP contribution in [-0.2, 0) is 0 Å². The summed E-state index contributed by atoms with van der Waals surface area (Å²) in [7, 11) is 0. The fourth-order valence-electron chi connectivity index (χ4n) is 3.26. The van der Waals surface area contributed by atoms with Gasteiger partial charge in [0, 0.05) is 25.4 Å². The van der Waals surface area contributed by atoms with E-state index in [0.29, 0.717) is 0 Å². The zero-order valence-corrected chi connectivity index (χ0v) is 18.5. The van der Waals surface area contributed by atoms with Gasteiger partial charge in [-0.1, -0.05) is 18.2 Å². The van der Waals surface area contributed by atoms with Crippen molar-refractivity contribution in [3.05, 3.63) is 67.5 Å². The molecule has 2 aromatic heterocycles. The molecule has 0 radical (unpaired) electrons. The van der Waals surface area contributed by atoms with E-state index in [4.69, 9.17) is 4.98 Å². The van der Waals surface area contributed by atoms with Crippen LogP contribution in [0.15, 0.2) is 36.4 Å². The molecule has 0 unspecified atom stereocenters. The van der Waals surface area contributed by atoms with Crippen LogP contribution in [0.1, 0.15) is 21.7 Å². The zero-order chi connectivity index (χ0) is 19.3. The highest BCUT2D eigenvalue weighted by molar-refractivity contribution is 14.1. The van der Waals surface area contributed by atoms with Crippen LogP contribution in [0.4, 0.5) is 15.9 Å². The van der Waals surface area contributed by atoms with Crippen LogP contribution >= 0.6 is 33.9 Å². The maximum absolute atomic E-state index is 13.6. The monoisotopic (exact) mass is 491 g/mol. The molecule has 27 heavy (non-hydrogen) atoms. The van der Waals surface area contributed by atoms with E-state index in [2.05, 4.69) is 78.2 Å². The van der Waals surface area contributed by atoms with Gasteiger partial charge in [-0.2, -0.15) is 0 Å². The van der Waals surface area contributed by atoms with Crippen LogP contribution in [0.3, 0.4) is 0 Å². The minimum absolute atomic E-state index is 0.236. The fraction of sp³-hybridized carbons (Fsp3) is 0.190. The number of nitrogens with zero attached hydrogens (tertiary/aromatic N) is 2. The van der Waals surface area contributed by atoms with Crippen molar-refractivity contribution >= 4 is 50.4 Å². The average molecular weight is 491 g/mol. The molecule has 0 bridgehead atoms. The summed E-state index contributed by atoms with van der Waals surface area (Å²) in [6.45, 7) is 8.41. The number of hydrogen-bond acceptors (Lipinski definition) is 3. The lowest BCUT2D eigenvalue weighted by Crippen LogP contribution is -2.02. The molecule has 2 heterocycles. The average Bonchev–Trinajstić information content (AvgIpc) is 3.08. The number of anilines is 2. The number of halogens is 2. The van der Waals surface area contributed by atoms with Gasteiger partial charge < -0.3 is 5.32 Å². The molecule has 0 saturated heterocycles. The largest absolute Gasteiger partial charge is 0.339 e. The fourth-order valence-corrected chi connectivity index (χ4v) is 4.96. The highest BCUT2D eigenvalue weighted by atomic mass is 127. The van der Waals surface area contributed by atoms with Gasteiger partial charge in [0.15, 0.2) is 4.96 Å². The standard InChI is InChI=1S/C21H19FIN3S/c1-11-6-5-7-12(2)18(11)24-20-19(16-9-8-15(22)10-17(16)23)25-21-26(20)13(3)14(4)27-21/h5-10,24H,1-4H3. The summed E-state index contributed by atoms with van der Waals surface area (Å²) in [5.74, 6) is 0.689. The molecule has 0 fully saturated rings.